The second kappa shape index (κ2) is 4.53. The van der Waals surface area contributed by atoms with Crippen LogP contribution in [0.15, 0.2) is 24.3 Å². The lowest BCUT2D eigenvalue weighted by Crippen LogP contribution is -2.32. The molecule has 3 heterocycles. The van der Waals surface area contributed by atoms with E-state index < -0.39 is 0 Å². The third-order valence-corrected chi connectivity index (χ3v) is 4.33. The van der Waals surface area contributed by atoms with Crippen molar-refractivity contribution in [3.63, 3.8) is 0 Å². The van der Waals surface area contributed by atoms with Crippen LogP contribution in [0.2, 0.25) is 0 Å². The molecule has 0 bridgehead atoms. The fourth-order valence-corrected chi connectivity index (χ4v) is 3.24. The number of fused-ring (bicyclic) bond motifs is 4. The van der Waals surface area contributed by atoms with Gasteiger partial charge >= 0.3 is 5.88 Å². The van der Waals surface area contributed by atoms with Crippen LogP contribution in [0.5, 0.6) is 23.1 Å². The quantitative estimate of drug-likeness (QED) is 0.630. The van der Waals surface area contributed by atoms with Crippen molar-refractivity contribution in [2.75, 3.05) is 13.9 Å². The number of rotatable bonds is 2. The summed E-state index contributed by atoms with van der Waals surface area (Å²) in [6.07, 6.45) is 0.753. The fraction of sp³-hybridized carbons (Fsp3) is 0.353. The van der Waals surface area contributed by atoms with Crippen molar-refractivity contribution in [3.05, 3.63) is 29.8 Å². The van der Waals surface area contributed by atoms with Crippen molar-refractivity contribution in [1.82, 2.24) is 0 Å². The largest absolute Gasteiger partial charge is 0.495 e. The smallest absolute Gasteiger partial charge is 0.376 e. The molecule has 0 fully saturated rings. The first-order chi connectivity index (χ1) is 10.6. The molecule has 0 aliphatic carbocycles. The SMILES string of the molecule is C=C(C)C1Cc2c(OC)c3ccc4c(c3[n+](C)c2O1)OCO4. The monoisotopic (exact) mass is 300 g/mol. The van der Waals surface area contributed by atoms with Gasteiger partial charge in [0.15, 0.2) is 5.75 Å². The van der Waals surface area contributed by atoms with Gasteiger partial charge in [0.2, 0.25) is 12.5 Å². The lowest BCUT2D eigenvalue weighted by molar-refractivity contribution is -0.651. The molecule has 0 saturated carbocycles. The van der Waals surface area contributed by atoms with Crippen LogP contribution in [-0.2, 0) is 13.5 Å². The van der Waals surface area contributed by atoms with Crippen LogP contribution in [0.4, 0.5) is 0 Å². The van der Waals surface area contributed by atoms with Gasteiger partial charge in [-0.1, -0.05) is 6.58 Å². The van der Waals surface area contributed by atoms with Crippen molar-refractivity contribution < 1.29 is 23.5 Å². The molecular weight excluding hydrogens is 282 g/mol. The fourth-order valence-electron chi connectivity index (χ4n) is 3.24. The van der Waals surface area contributed by atoms with Crippen LogP contribution < -0.4 is 23.5 Å². The first-order valence-corrected chi connectivity index (χ1v) is 7.25. The predicted molar refractivity (Wildman–Crippen MR) is 80.7 cm³/mol. The maximum atomic E-state index is 6.10. The van der Waals surface area contributed by atoms with Crippen molar-refractivity contribution in [2.24, 2.45) is 7.05 Å². The van der Waals surface area contributed by atoms with Gasteiger partial charge in [0, 0.05) is 6.42 Å². The highest BCUT2D eigenvalue weighted by Gasteiger charge is 2.38. The van der Waals surface area contributed by atoms with E-state index in [1.807, 2.05) is 30.7 Å². The highest BCUT2D eigenvalue weighted by atomic mass is 16.7. The molecule has 4 rings (SSSR count). The Morgan fingerprint density at radius 2 is 2.18 bits per heavy atom. The van der Waals surface area contributed by atoms with E-state index in [0.29, 0.717) is 0 Å². The van der Waals surface area contributed by atoms with E-state index in [1.54, 1.807) is 7.11 Å². The van der Waals surface area contributed by atoms with Gasteiger partial charge in [0.05, 0.1) is 12.5 Å². The van der Waals surface area contributed by atoms with Gasteiger partial charge in [-0.25, -0.2) is 0 Å². The second-order valence-corrected chi connectivity index (χ2v) is 5.73. The molecule has 22 heavy (non-hydrogen) atoms. The Morgan fingerprint density at radius 1 is 1.36 bits per heavy atom. The highest BCUT2D eigenvalue weighted by Crippen LogP contribution is 2.45. The van der Waals surface area contributed by atoms with Crippen LogP contribution in [0.3, 0.4) is 0 Å². The van der Waals surface area contributed by atoms with E-state index in [2.05, 4.69) is 6.58 Å². The summed E-state index contributed by atoms with van der Waals surface area (Å²) >= 11 is 0. The molecule has 0 amide bonds. The molecule has 0 spiro atoms. The third-order valence-electron chi connectivity index (χ3n) is 4.33. The lowest BCUT2D eigenvalue weighted by Gasteiger charge is -2.10. The molecule has 0 radical (unpaired) electrons. The number of hydrogen-bond acceptors (Lipinski definition) is 4. The van der Waals surface area contributed by atoms with E-state index in [1.165, 1.54) is 0 Å². The predicted octanol–water partition coefficient (Wildman–Crippen LogP) is 2.28. The Hall–Kier alpha value is -2.43. The molecule has 2 aliphatic heterocycles. The van der Waals surface area contributed by atoms with Crippen LogP contribution in [0, 0.1) is 0 Å². The van der Waals surface area contributed by atoms with Gasteiger partial charge in [-0.05, 0) is 24.6 Å². The van der Waals surface area contributed by atoms with E-state index in [4.69, 9.17) is 18.9 Å². The highest BCUT2D eigenvalue weighted by molar-refractivity contribution is 5.91. The summed E-state index contributed by atoms with van der Waals surface area (Å²) in [7, 11) is 3.66. The molecule has 5 nitrogen and oxygen atoms in total. The zero-order valence-electron chi connectivity index (χ0n) is 12.9. The van der Waals surface area contributed by atoms with Crippen molar-refractivity contribution in [1.29, 1.82) is 0 Å². The molecule has 1 aromatic heterocycles. The van der Waals surface area contributed by atoms with E-state index in [-0.39, 0.29) is 12.9 Å². The number of hydrogen-bond donors (Lipinski definition) is 0. The first-order valence-electron chi connectivity index (χ1n) is 7.25. The Morgan fingerprint density at radius 3 is 2.91 bits per heavy atom. The topological polar surface area (TPSA) is 40.8 Å². The number of nitrogens with zero attached hydrogens (tertiary/aromatic N) is 1. The van der Waals surface area contributed by atoms with Crippen LogP contribution in [-0.4, -0.2) is 20.0 Å². The van der Waals surface area contributed by atoms with Gasteiger partial charge in [0.1, 0.15) is 24.5 Å². The number of ether oxygens (including phenoxy) is 4. The van der Waals surface area contributed by atoms with Gasteiger partial charge in [-0.2, -0.15) is 4.57 Å². The summed E-state index contributed by atoms with van der Waals surface area (Å²) in [4.78, 5) is 0. The zero-order chi connectivity index (χ0) is 15.4. The standard InChI is InChI=1S/C17H18NO4/c1-9(2)13-7-11-15(19-4)10-5-6-12-16(21-8-20-12)14(10)18(3)17(11)22-13/h5-6,13H,1,7-8H2,2-4H3/q+1. The summed E-state index contributed by atoms with van der Waals surface area (Å²) < 4.78 is 24.9. The average Bonchev–Trinajstić information content (AvgIpc) is 3.13. The first kappa shape index (κ1) is 13.2. The normalized spacial score (nSPS) is 18.2. The summed E-state index contributed by atoms with van der Waals surface area (Å²) in [5, 5.41) is 0.999. The molecule has 2 aromatic rings. The van der Waals surface area contributed by atoms with Gasteiger partial charge in [0.25, 0.3) is 5.52 Å². The Kier molecular flexibility index (Phi) is 2.73. The minimum atomic E-state index is -0.0165. The molecule has 0 saturated heterocycles. The number of aromatic nitrogens is 1. The molecule has 0 N–H and O–H groups in total. The van der Waals surface area contributed by atoms with Crippen LogP contribution in [0.25, 0.3) is 10.9 Å². The minimum Gasteiger partial charge on any atom is -0.495 e. The number of benzene rings is 1. The maximum absolute atomic E-state index is 6.10. The summed E-state index contributed by atoms with van der Waals surface area (Å²) in [6, 6.07) is 3.93. The van der Waals surface area contributed by atoms with Gasteiger partial charge in [-0.15, -0.1) is 0 Å². The summed E-state index contributed by atoms with van der Waals surface area (Å²) in [6.45, 7) is 6.24. The van der Waals surface area contributed by atoms with E-state index >= 15 is 0 Å². The van der Waals surface area contributed by atoms with Crippen LogP contribution in [0.1, 0.15) is 12.5 Å². The van der Waals surface area contributed by atoms with Crippen molar-refractivity contribution in [2.45, 2.75) is 19.4 Å². The molecule has 5 heteroatoms. The van der Waals surface area contributed by atoms with Crippen molar-refractivity contribution >= 4 is 10.9 Å². The molecule has 2 aliphatic rings. The Labute approximate surface area is 128 Å². The second-order valence-electron chi connectivity index (χ2n) is 5.73. The molecule has 1 aromatic carbocycles. The molecule has 1 unspecified atom stereocenters. The number of pyridine rings is 1. The van der Waals surface area contributed by atoms with Crippen LogP contribution >= 0.6 is 0 Å². The average molecular weight is 300 g/mol. The van der Waals surface area contributed by atoms with Gasteiger partial charge in [-0.3, -0.25) is 0 Å². The Balaban J connectivity index is 2.05. The van der Waals surface area contributed by atoms with E-state index in [9.17, 15) is 0 Å². The third kappa shape index (κ3) is 1.62. The van der Waals surface area contributed by atoms with Crippen molar-refractivity contribution in [3.8, 4) is 23.1 Å². The lowest BCUT2D eigenvalue weighted by atomic mass is 10.0. The zero-order valence-corrected chi connectivity index (χ0v) is 12.9. The molecule has 1 atom stereocenters. The number of aryl methyl sites for hydroxylation is 1. The summed E-state index contributed by atoms with van der Waals surface area (Å²) in [5.74, 6) is 3.13. The Bertz CT molecular complexity index is 812. The minimum absolute atomic E-state index is 0.0165. The molecular formula is C17H18NO4+. The van der Waals surface area contributed by atoms with E-state index in [0.717, 1.165) is 51.6 Å². The molecule has 114 valence electrons. The number of methoxy groups -OCH3 is 1. The summed E-state index contributed by atoms with van der Waals surface area (Å²) in [5.41, 5.74) is 3.00. The maximum Gasteiger partial charge on any atom is 0.376 e. The van der Waals surface area contributed by atoms with Gasteiger partial charge < -0.3 is 18.9 Å².